The molecule has 0 aliphatic heterocycles. The minimum atomic E-state index is -0.283. The van der Waals surface area contributed by atoms with Crippen LogP contribution >= 0.6 is 22.9 Å². The molecule has 3 aromatic carbocycles. The van der Waals surface area contributed by atoms with Crippen LogP contribution in [-0.2, 0) is 0 Å². The Morgan fingerprint density at radius 1 is 1.00 bits per heavy atom. The Balaban J connectivity index is 1.62. The largest absolute Gasteiger partial charge is 0.494 e. The number of nitrogens with two attached hydrogens (primary N) is 1. The molecule has 0 saturated heterocycles. The Morgan fingerprint density at radius 2 is 1.71 bits per heavy atom. The summed E-state index contributed by atoms with van der Waals surface area (Å²) in [5.41, 5.74) is 11.3. The fourth-order valence-electron chi connectivity index (χ4n) is 3.89. The number of fused-ring (bicyclic) bond motifs is 1. The fourth-order valence-corrected chi connectivity index (χ4v) is 5.03. The summed E-state index contributed by atoms with van der Waals surface area (Å²) in [6, 6.07) is 26.8. The molecule has 1 amide bonds. The number of nitrogens with zero attached hydrogens (tertiary/aromatic N) is 1. The summed E-state index contributed by atoms with van der Waals surface area (Å²) in [6.45, 7) is 2.56. The zero-order valence-electron chi connectivity index (χ0n) is 18.9. The highest BCUT2D eigenvalue weighted by atomic mass is 35.5. The van der Waals surface area contributed by atoms with E-state index in [-0.39, 0.29) is 5.91 Å². The molecule has 0 radical (unpaired) electrons. The first-order chi connectivity index (χ1) is 17.0. The predicted octanol–water partition coefficient (Wildman–Crippen LogP) is 7.52. The van der Waals surface area contributed by atoms with Crippen LogP contribution in [0, 0.1) is 0 Å². The number of nitrogens with one attached hydrogen (secondary N) is 1. The molecule has 0 saturated carbocycles. The molecule has 0 unspecified atom stereocenters. The summed E-state index contributed by atoms with van der Waals surface area (Å²) >= 11 is 7.25. The van der Waals surface area contributed by atoms with E-state index in [1.54, 1.807) is 24.3 Å². The van der Waals surface area contributed by atoms with Crippen LogP contribution in [0.4, 0.5) is 11.4 Å². The molecule has 0 spiro atoms. The lowest BCUT2D eigenvalue weighted by Gasteiger charge is -2.10. The zero-order chi connectivity index (χ0) is 24.4. The number of pyridine rings is 1. The van der Waals surface area contributed by atoms with Gasteiger partial charge in [-0.05, 0) is 72.6 Å². The van der Waals surface area contributed by atoms with Crippen LogP contribution in [0.3, 0.4) is 0 Å². The van der Waals surface area contributed by atoms with Gasteiger partial charge in [0.05, 0.1) is 18.0 Å². The number of hydrogen-bond acceptors (Lipinski definition) is 5. The van der Waals surface area contributed by atoms with Gasteiger partial charge in [0.25, 0.3) is 5.91 Å². The molecule has 5 nitrogen and oxygen atoms in total. The van der Waals surface area contributed by atoms with Crippen molar-refractivity contribution in [3.63, 3.8) is 0 Å². The van der Waals surface area contributed by atoms with Crippen molar-refractivity contribution in [2.45, 2.75) is 6.92 Å². The molecule has 0 atom stereocenters. The van der Waals surface area contributed by atoms with Crippen LogP contribution in [-0.4, -0.2) is 17.5 Å². The van der Waals surface area contributed by atoms with Crippen molar-refractivity contribution in [3.8, 4) is 28.1 Å². The molecule has 3 N–H and O–H groups in total. The van der Waals surface area contributed by atoms with E-state index in [0.717, 1.165) is 33.5 Å². The van der Waals surface area contributed by atoms with Gasteiger partial charge < -0.3 is 15.8 Å². The molecular formula is C28H22ClN3O2S. The average molecular weight is 500 g/mol. The molecule has 2 aromatic heterocycles. The van der Waals surface area contributed by atoms with Gasteiger partial charge in [0.15, 0.2) is 0 Å². The van der Waals surface area contributed by atoms with E-state index in [0.29, 0.717) is 32.7 Å². The third-order valence-corrected chi connectivity index (χ3v) is 6.90. The first kappa shape index (κ1) is 22.9. The monoisotopic (exact) mass is 499 g/mol. The molecule has 0 aliphatic carbocycles. The van der Waals surface area contributed by atoms with E-state index in [2.05, 4.69) is 5.32 Å². The molecule has 5 aromatic rings. The lowest BCUT2D eigenvalue weighted by Crippen LogP contribution is -2.11. The maximum absolute atomic E-state index is 13.1. The number of benzene rings is 3. The Kier molecular flexibility index (Phi) is 6.40. The number of aromatic nitrogens is 1. The van der Waals surface area contributed by atoms with E-state index in [1.165, 1.54) is 11.3 Å². The number of ether oxygens (including phenoxy) is 1. The first-order valence-corrected chi connectivity index (χ1v) is 12.3. The molecule has 2 heterocycles. The minimum Gasteiger partial charge on any atom is -0.494 e. The highest BCUT2D eigenvalue weighted by Gasteiger charge is 2.22. The van der Waals surface area contributed by atoms with E-state index >= 15 is 0 Å². The number of amides is 1. The Bertz CT molecular complexity index is 1500. The lowest BCUT2D eigenvalue weighted by molar-refractivity contribution is 0.103. The van der Waals surface area contributed by atoms with E-state index in [9.17, 15) is 4.79 Å². The molecule has 0 bridgehead atoms. The number of thiophene rings is 1. The molecule has 35 heavy (non-hydrogen) atoms. The van der Waals surface area contributed by atoms with Gasteiger partial charge in [-0.2, -0.15) is 0 Å². The smallest absolute Gasteiger partial charge is 0.267 e. The number of halogens is 1. The number of carbonyl (C=O) groups is 1. The van der Waals surface area contributed by atoms with Crippen molar-refractivity contribution in [1.29, 1.82) is 0 Å². The molecule has 7 heteroatoms. The minimum absolute atomic E-state index is 0.283. The molecule has 0 aliphatic rings. The summed E-state index contributed by atoms with van der Waals surface area (Å²) in [6.07, 6.45) is 0. The highest BCUT2D eigenvalue weighted by Crippen LogP contribution is 2.41. The van der Waals surface area contributed by atoms with Gasteiger partial charge in [-0.15, -0.1) is 11.3 Å². The van der Waals surface area contributed by atoms with Crippen LogP contribution in [0.25, 0.3) is 32.6 Å². The highest BCUT2D eigenvalue weighted by molar-refractivity contribution is 7.21. The molecule has 0 fully saturated rings. The van der Waals surface area contributed by atoms with Gasteiger partial charge in [-0.1, -0.05) is 41.9 Å². The average Bonchev–Trinajstić information content (AvgIpc) is 3.22. The molecular weight excluding hydrogens is 478 g/mol. The van der Waals surface area contributed by atoms with E-state index in [1.807, 2.05) is 67.6 Å². The molecule has 174 valence electrons. The number of carbonyl (C=O) groups excluding carboxylic acids is 1. The Morgan fingerprint density at radius 3 is 2.40 bits per heavy atom. The van der Waals surface area contributed by atoms with Crippen LogP contribution < -0.4 is 15.8 Å². The van der Waals surface area contributed by atoms with E-state index in [4.69, 9.17) is 27.1 Å². The topological polar surface area (TPSA) is 77.2 Å². The number of hydrogen-bond donors (Lipinski definition) is 2. The summed E-state index contributed by atoms with van der Waals surface area (Å²) in [7, 11) is 0. The summed E-state index contributed by atoms with van der Waals surface area (Å²) in [5, 5.41) is 4.28. The van der Waals surface area contributed by atoms with Crippen LogP contribution in [0.5, 0.6) is 5.75 Å². The lowest BCUT2D eigenvalue weighted by atomic mass is 9.99. The van der Waals surface area contributed by atoms with Crippen molar-refractivity contribution in [2.24, 2.45) is 0 Å². The summed E-state index contributed by atoms with van der Waals surface area (Å²) < 4.78 is 5.57. The SMILES string of the molecule is CCOc1ccc(-c2cc(-c3ccccc3)c3c(N)c(C(=O)Nc4ccc(Cl)cc4)sc3n2)cc1. The van der Waals surface area contributed by atoms with Gasteiger partial charge in [-0.3, -0.25) is 4.79 Å². The van der Waals surface area contributed by atoms with Crippen molar-refractivity contribution < 1.29 is 9.53 Å². The van der Waals surface area contributed by atoms with Crippen molar-refractivity contribution in [2.75, 3.05) is 17.7 Å². The maximum atomic E-state index is 13.1. The zero-order valence-corrected chi connectivity index (χ0v) is 20.5. The number of nitrogen functional groups attached to an aromatic ring is 1. The van der Waals surface area contributed by atoms with Gasteiger partial charge in [0, 0.05) is 21.7 Å². The van der Waals surface area contributed by atoms with Crippen LogP contribution in [0.2, 0.25) is 5.02 Å². The Hall–Kier alpha value is -3.87. The number of anilines is 2. The second-order valence-electron chi connectivity index (χ2n) is 7.86. The number of rotatable bonds is 6. The third-order valence-electron chi connectivity index (χ3n) is 5.55. The van der Waals surface area contributed by atoms with E-state index < -0.39 is 0 Å². The normalized spacial score (nSPS) is 10.9. The van der Waals surface area contributed by atoms with Gasteiger partial charge in [0.1, 0.15) is 15.5 Å². The predicted molar refractivity (Wildman–Crippen MR) is 145 cm³/mol. The van der Waals surface area contributed by atoms with Gasteiger partial charge >= 0.3 is 0 Å². The van der Waals surface area contributed by atoms with Crippen LogP contribution in [0.15, 0.2) is 84.9 Å². The first-order valence-electron chi connectivity index (χ1n) is 11.1. The maximum Gasteiger partial charge on any atom is 0.267 e. The standard InChI is InChI=1S/C28H22ClN3O2S/c1-2-34-21-14-8-18(9-15-21)23-16-22(17-6-4-3-5-7-17)24-25(30)26(35-28(24)32-23)27(33)31-20-12-10-19(29)11-13-20/h3-16H,2,30H2,1H3,(H,31,33). The Labute approximate surface area is 212 Å². The fraction of sp³-hybridized carbons (Fsp3) is 0.0714. The van der Waals surface area contributed by atoms with Gasteiger partial charge in [0.2, 0.25) is 0 Å². The summed E-state index contributed by atoms with van der Waals surface area (Å²) in [4.78, 5) is 19.1. The van der Waals surface area contributed by atoms with Crippen molar-refractivity contribution in [3.05, 3.63) is 94.8 Å². The summed E-state index contributed by atoms with van der Waals surface area (Å²) in [5.74, 6) is 0.525. The second kappa shape index (κ2) is 9.78. The van der Waals surface area contributed by atoms with Gasteiger partial charge in [-0.25, -0.2) is 4.98 Å². The third kappa shape index (κ3) is 4.71. The second-order valence-corrected chi connectivity index (χ2v) is 9.30. The molecule has 5 rings (SSSR count). The van der Waals surface area contributed by atoms with Crippen molar-refractivity contribution >= 4 is 50.4 Å². The quantitative estimate of drug-likeness (QED) is 0.253. The van der Waals surface area contributed by atoms with Crippen LogP contribution in [0.1, 0.15) is 16.6 Å². The van der Waals surface area contributed by atoms with Crippen molar-refractivity contribution in [1.82, 2.24) is 4.98 Å².